The van der Waals surface area contributed by atoms with Gasteiger partial charge in [-0.05, 0) is 66.4 Å². The Morgan fingerprint density at radius 3 is 2.41 bits per heavy atom. The van der Waals surface area contributed by atoms with Crippen LogP contribution in [0.1, 0.15) is 25.0 Å². The van der Waals surface area contributed by atoms with E-state index in [1.54, 1.807) is 23.1 Å². The van der Waals surface area contributed by atoms with Crippen molar-refractivity contribution >= 4 is 35.4 Å². The summed E-state index contributed by atoms with van der Waals surface area (Å²) in [7, 11) is 1.32. The normalized spacial score (nSPS) is 11.0. The zero-order valence-corrected chi connectivity index (χ0v) is 20.0. The average Bonchev–Trinajstić information content (AvgIpc) is 2.82. The summed E-state index contributed by atoms with van der Waals surface area (Å²) in [5.74, 6) is -0.917. The molecular formula is C27H26ClFN2O3. The summed E-state index contributed by atoms with van der Waals surface area (Å²) >= 11 is 5.91. The van der Waals surface area contributed by atoms with Gasteiger partial charge in [-0.3, -0.25) is 4.90 Å². The molecule has 0 saturated heterocycles. The number of anilines is 1. The van der Waals surface area contributed by atoms with E-state index in [1.807, 2.05) is 62.4 Å². The fourth-order valence-corrected chi connectivity index (χ4v) is 3.48. The van der Waals surface area contributed by atoms with E-state index in [4.69, 9.17) is 11.6 Å². The Morgan fingerprint density at radius 1 is 1.06 bits per heavy atom. The molecule has 0 aliphatic rings. The van der Waals surface area contributed by atoms with Gasteiger partial charge >= 0.3 is 12.0 Å². The van der Waals surface area contributed by atoms with E-state index >= 15 is 0 Å². The van der Waals surface area contributed by atoms with E-state index in [-0.39, 0.29) is 17.1 Å². The number of urea groups is 1. The summed E-state index contributed by atoms with van der Waals surface area (Å²) in [6, 6.07) is 19.3. The number of benzene rings is 3. The number of rotatable bonds is 7. The predicted molar refractivity (Wildman–Crippen MR) is 134 cm³/mol. The lowest BCUT2D eigenvalue weighted by atomic mass is 10.0. The second-order valence-electron chi connectivity index (χ2n) is 7.97. The molecule has 1 N–H and O–H groups in total. The summed E-state index contributed by atoms with van der Waals surface area (Å²) in [6.07, 6.45) is 2.97. The minimum atomic E-state index is -0.461. The first-order valence-corrected chi connectivity index (χ1v) is 11.1. The van der Waals surface area contributed by atoms with Gasteiger partial charge in [0.25, 0.3) is 0 Å². The highest BCUT2D eigenvalue weighted by Gasteiger charge is 2.17. The van der Waals surface area contributed by atoms with Gasteiger partial charge in [-0.25, -0.2) is 14.0 Å². The highest BCUT2D eigenvalue weighted by Crippen LogP contribution is 2.26. The van der Waals surface area contributed by atoms with Gasteiger partial charge in [-0.1, -0.05) is 54.1 Å². The largest absolute Gasteiger partial charge is 0.466 e. The molecule has 34 heavy (non-hydrogen) atoms. The zero-order valence-electron chi connectivity index (χ0n) is 19.2. The van der Waals surface area contributed by atoms with Crippen LogP contribution < -0.4 is 10.2 Å². The topological polar surface area (TPSA) is 58.6 Å². The van der Waals surface area contributed by atoms with Crippen molar-refractivity contribution in [3.8, 4) is 11.1 Å². The number of methoxy groups -OCH3 is 1. The number of esters is 1. The summed E-state index contributed by atoms with van der Waals surface area (Å²) in [5.41, 5.74) is 4.04. The molecule has 0 bridgehead atoms. The number of hydrogen-bond donors (Lipinski definition) is 1. The molecule has 0 aliphatic carbocycles. The van der Waals surface area contributed by atoms with Gasteiger partial charge in [0, 0.05) is 17.8 Å². The van der Waals surface area contributed by atoms with Crippen molar-refractivity contribution in [1.29, 1.82) is 0 Å². The number of halogens is 2. The zero-order chi connectivity index (χ0) is 24.7. The standard InChI is InChI=1S/C27H26ClFN2O3/c1-18(2)30-27(33)31(23-6-4-5-19(15-23)9-14-26(32)34-3)17-20-7-10-21(11-8-20)22-12-13-25(29)24(28)16-22/h4-16,18H,17H2,1-3H3,(H,30,33)/b14-9+. The molecule has 7 heteroatoms. The maximum atomic E-state index is 13.5. The summed E-state index contributed by atoms with van der Waals surface area (Å²) in [5, 5.41) is 3.00. The highest BCUT2D eigenvalue weighted by molar-refractivity contribution is 6.31. The van der Waals surface area contributed by atoms with Crippen LogP contribution >= 0.6 is 11.6 Å². The Morgan fingerprint density at radius 2 is 1.76 bits per heavy atom. The maximum absolute atomic E-state index is 13.5. The van der Waals surface area contributed by atoms with Crippen molar-refractivity contribution in [1.82, 2.24) is 5.32 Å². The molecule has 5 nitrogen and oxygen atoms in total. The van der Waals surface area contributed by atoms with Crippen molar-refractivity contribution in [3.05, 3.63) is 94.8 Å². The summed E-state index contributed by atoms with van der Waals surface area (Å²) < 4.78 is 18.1. The molecule has 176 valence electrons. The van der Waals surface area contributed by atoms with Crippen LogP contribution in [0.3, 0.4) is 0 Å². The van der Waals surface area contributed by atoms with E-state index in [9.17, 15) is 14.0 Å². The predicted octanol–water partition coefficient (Wildman–Crippen LogP) is 6.46. The Balaban J connectivity index is 1.87. The van der Waals surface area contributed by atoms with Crippen LogP contribution in [-0.2, 0) is 16.1 Å². The first-order valence-electron chi connectivity index (χ1n) is 10.8. The third kappa shape index (κ3) is 6.68. The minimum Gasteiger partial charge on any atom is -0.466 e. The molecule has 0 radical (unpaired) electrons. The van der Waals surface area contributed by atoms with Crippen molar-refractivity contribution in [2.24, 2.45) is 0 Å². The second-order valence-corrected chi connectivity index (χ2v) is 8.37. The van der Waals surface area contributed by atoms with Crippen LogP contribution in [0.25, 0.3) is 17.2 Å². The molecule has 3 aromatic carbocycles. The average molecular weight is 481 g/mol. The first kappa shape index (κ1) is 25.0. The molecule has 3 aromatic rings. The quantitative estimate of drug-likeness (QED) is 0.312. The van der Waals surface area contributed by atoms with Crippen molar-refractivity contribution < 1.29 is 18.7 Å². The van der Waals surface area contributed by atoms with Gasteiger partial charge < -0.3 is 10.1 Å². The molecular weight excluding hydrogens is 455 g/mol. The molecule has 0 fully saturated rings. The molecule has 3 rings (SSSR count). The number of ether oxygens (including phenoxy) is 1. The van der Waals surface area contributed by atoms with Gasteiger partial charge in [0.1, 0.15) is 5.82 Å². The van der Waals surface area contributed by atoms with Crippen molar-refractivity contribution in [3.63, 3.8) is 0 Å². The minimum absolute atomic E-state index is 0.0389. The number of hydrogen-bond acceptors (Lipinski definition) is 3. The van der Waals surface area contributed by atoms with Gasteiger partial charge in [0.15, 0.2) is 0 Å². The molecule has 0 unspecified atom stereocenters. The molecule has 0 heterocycles. The van der Waals surface area contributed by atoms with Crippen LogP contribution in [0.5, 0.6) is 0 Å². The highest BCUT2D eigenvalue weighted by atomic mass is 35.5. The SMILES string of the molecule is COC(=O)/C=C/c1cccc(N(Cc2ccc(-c3ccc(F)c(Cl)c3)cc2)C(=O)NC(C)C)c1. The summed E-state index contributed by atoms with van der Waals surface area (Å²) in [4.78, 5) is 26.1. The number of nitrogens with one attached hydrogen (secondary N) is 1. The molecule has 0 aromatic heterocycles. The lowest BCUT2D eigenvalue weighted by Gasteiger charge is -2.25. The van der Waals surface area contributed by atoms with Crippen molar-refractivity contribution in [2.45, 2.75) is 26.4 Å². The first-order chi connectivity index (χ1) is 16.3. The maximum Gasteiger partial charge on any atom is 0.330 e. The van der Waals surface area contributed by atoms with Crippen LogP contribution in [0, 0.1) is 5.82 Å². The molecule has 0 aliphatic heterocycles. The Hall–Kier alpha value is -3.64. The molecule has 2 amide bonds. The monoisotopic (exact) mass is 480 g/mol. The fraction of sp³-hybridized carbons (Fsp3) is 0.185. The number of amides is 2. The van der Waals surface area contributed by atoms with Crippen LogP contribution in [-0.4, -0.2) is 25.2 Å². The number of nitrogens with zero attached hydrogens (tertiary/aromatic N) is 1. The third-order valence-electron chi connectivity index (χ3n) is 5.00. The lowest BCUT2D eigenvalue weighted by molar-refractivity contribution is -0.134. The van der Waals surface area contributed by atoms with E-state index < -0.39 is 11.8 Å². The van der Waals surface area contributed by atoms with Crippen LogP contribution in [0.15, 0.2) is 72.8 Å². The lowest BCUT2D eigenvalue weighted by Crippen LogP contribution is -2.42. The Kier molecular flexibility index (Phi) is 8.44. The van der Waals surface area contributed by atoms with Crippen LogP contribution in [0.4, 0.5) is 14.9 Å². The third-order valence-corrected chi connectivity index (χ3v) is 5.29. The van der Waals surface area contributed by atoms with E-state index in [0.717, 1.165) is 22.3 Å². The van der Waals surface area contributed by atoms with Crippen LogP contribution in [0.2, 0.25) is 5.02 Å². The number of carbonyl (C=O) groups is 2. The Bertz CT molecular complexity index is 1190. The van der Waals surface area contributed by atoms with Crippen molar-refractivity contribution in [2.75, 3.05) is 12.0 Å². The number of carbonyl (C=O) groups excluding carboxylic acids is 2. The second kappa shape index (κ2) is 11.5. The smallest absolute Gasteiger partial charge is 0.330 e. The van der Waals surface area contributed by atoms with E-state index in [0.29, 0.717) is 12.2 Å². The van der Waals surface area contributed by atoms with Gasteiger partial charge in [-0.15, -0.1) is 0 Å². The fourth-order valence-electron chi connectivity index (χ4n) is 3.29. The molecule has 0 spiro atoms. The Labute approximate surface area is 203 Å². The molecule has 0 saturated carbocycles. The van der Waals surface area contributed by atoms with Gasteiger partial charge in [-0.2, -0.15) is 0 Å². The van der Waals surface area contributed by atoms with E-state index in [2.05, 4.69) is 10.1 Å². The van der Waals surface area contributed by atoms with E-state index in [1.165, 1.54) is 19.3 Å². The van der Waals surface area contributed by atoms with Gasteiger partial charge in [0.05, 0.1) is 18.7 Å². The van der Waals surface area contributed by atoms with Gasteiger partial charge in [0.2, 0.25) is 0 Å². The molecule has 0 atom stereocenters. The summed E-state index contributed by atoms with van der Waals surface area (Å²) in [6.45, 7) is 4.12.